The molecule has 2 heterocycles. The Bertz CT molecular complexity index is 1550. The van der Waals surface area contributed by atoms with E-state index in [0.29, 0.717) is 24.0 Å². The highest BCUT2D eigenvalue weighted by Crippen LogP contribution is 2.33. The molecule has 2 aliphatic carbocycles. The van der Waals surface area contributed by atoms with Gasteiger partial charge in [-0.2, -0.15) is 20.2 Å². The molecule has 6 nitrogen and oxygen atoms in total. The number of hydrogen-bond donors (Lipinski definition) is 0. The van der Waals surface area contributed by atoms with Crippen LogP contribution in [0.5, 0.6) is 0 Å². The van der Waals surface area contributed by atoms with Gasteiger partial charge in [0.1, 0.15) is 30.9 Å². The summed E-state index contributed by atoms with van der Waals surface area (Å²) in [5.41, 5.74) is 6.66. The van der Waals surface area contributed by atoms with Crippen molar-refractivity contribution in [1.29, 1.82) is 10.5 Å². The van der Waals surface area contributed by atoms with Gasteiger partial charge in [-0.05, 0) is 63.9 Å². The van der Waals surface area contributed by atoms with Gasteiger partial charge in [-0.25, -0.2) is 0 Å². The Kier molecular flexibility index (Phi) is 5.04. The second-order valence-electron chi connectivity index (χ2n) is 7.80. The van der Waals surface area contributed by atoms with Crippen LogP contribution < -0.4 is 10.4 Å². The smallest absolute Gasteiger partial charge is 0.256 e. The van der Waals surface area contributed by atoms with Crippen molar-refractivity contribution in [1.82, 2.24) is 9.97 Å². The summed E-state index contributed by atoms with van der Waals surface area (Å²) in [4.78, 5) is 16.1. The van der Waals surface area contributed by atoms with E-state index >= 15 is 0 Å². The molecule has 1 aromatic carbocycles. The highest BCUT2D eigenvalue weighted by molar-refractivity contribution is 5.85. The van der Waals surface area contributed by atoms with E-state index in [2.05, 4.69) is 19.7 Å². The van der Waals surface area contributed by atoms with Crippen LogP contribution in [0.2, 0.25) is 0 Å². The molecule has 0 N–H and O–H groups in total. The number of fused-ring (bicyclic) bond motifs is 2. The molecule has 34 heavy (non-hydrogen) atoms. The van der Waals surface area contributed by atoms with Crippen LogP contribution in [0.4, 0.5) is 0 Å². The largest absolute Gasteiger partial charge is 0.522 e. The van der Waals surface area contributed by atoms with Gasteiger partial charge in [-0.1, -0.05) is 18.2 Å². The van der Waals surface area contributed by atoms with Crippen LogP contribution in [0, 0.1) is 35.8 Å². The molecule has 0 radical (unpaired) electrons. The van der Waals surface area contributed by atoms with Gasteiger partial charge in [0, 0.05) is 29.9 Å². The minimum absolute atomic E-state index is 0.0520. The first-order chi connectivity index (χ1) is 16.7. The molecule has 0 amide bonds. The molecular weight excluding hydrogens is 420 g/mol. The summed E-state index contributed by atoms with van der Waals surface area (Å²) in [7, 11) is 0. The quantitative estimate of drug-likeness (QED) is 0.453. The van der Waals surface area contributed by atoms with E-state index in [-0.39, 0.29) is 11.4 Å². The first kappa shape index (κ1) is 20.6. The maximum absolute atomic E-state index is 9.51. The van der Waals surface area contributed by atoms with Crippen molar-refractivity contribution in [3.05, 3.63) is 116 Å². The molecule has 0 bridgehead atoms. The van der Waals surface area contributed by atoms with Crippen molar-refractivity contribution in [2.45, 2.75) is 12.8 Å². The normalized spacial score (nSPS) is 12.7. The van der Waals surface area contributed by atoms with E-state index < -0.39 is 0 Å². The molecule has 0 spiro atoms. The van der Waals surface area contributed by atoms with Crippen molar-refractivity contribution in [2.75, 3.05) is 0 Å². The number of hydrogen-bond acceptors (Lipinski definition) is 4. The van der Waals surface area contributed by atoms with Crippen LogP contribution in [0.1, 0.15) is 11.1 Å². The molecule has 6 heteroatoms. The number of aromatic nitrogens is 2. The second kappa shape index (κ2) is 8.33. The fourth-order valence-electron chi connectivity index (χ4n) is 4.66. The van der Waals surface area contributed by atoms with Crippen LogP contribution in [0.3, 0.4) is 0 Å². The van der Waals surface area contributed by atoms with Gasteiger partial charge in [0.15, 0.2) is 0 Å². The average molecular weight is 434 g/mol. The predicted molar refractivity (Wildman–Crippen MR) is 127 cm³/mol. The number of nitrogens with zero attached hydrogens (tertiary/aromatic N) is 6. The van der Waals surface area contributed by atoms with E-state index in [1.807, 2.05) is 60.7 Å². The topological polar surface area (TPSA) is 82.1 Å². The minimum atomic E-state index is 0.0520. The maximum atomic E-state index is 9.51. The van der Waals surface area contributed by atoms with E-state index in [1.54, 1.807) is 12.4 Å². The van der Waals surface area contributed by atoms with Crippen LogP contribution in [-0.4, -0.2) is 9.97 Å². The number of nitriles is 2. The van der Waals surface area contributed by atoms with Gasteiger partial charge < -0.3 is 0 Å². The molecule has 0 saturated carbocycles. The van der Waals surface area contributed by atoms with Gasteiger partial charge >= 0.3 is 5.82 Å². The third kappa shape index (κ3) is 3.16. The molecule has 0 fully saturated rings. The Hall–Kier alpha value is -5.30. The monoisotopic (exact) mass is 434 g/mol. The molecule has 2 aliphatic rings. The highest BCUT2D eigenvalue weighted by Gasteiger charge is 2.29. The average Bonchev–Trinajstić information content (AvgIpc) is 3.50. The van der Waals surface area contributed by atoms with E-state index in [9.17, 15) is 10.5 Å². The molecule has 0 saturated heterocycles. The van der Waals surface area contributed by atoms with E-state index in [0.717, 1.165) is 44.1 Å². The van der Waals surface area contributed by atoms with Crippen molar-refractivity contribution in [2.24, 2.45) is 0 Å². The zero-order valence-corrected chi connectivity index (χ0v) is 17.9. The summed E-state index contributed by atoms with van der Waals surface area (Å²) in [6.07, 6.45) is 8.10. The SMILES string of the molecule is [C-]#[N+]C([N+]#[C-])=C1C=c2c(c(-c3ccccn3)c3c(c2-c2ccccn2)CC(=C(C#N)C#N)C=3)C1. The molecule has 0 unspecified atom stereocenters. The first-order valence-corrected chi connectivity index (χ1v) is 10.5. The van der Waals surface area contributed by atoms with Crippen molar-refractivity contribution in [3.8, 4) is 34.7 Å². The summed E-state index contributed by atoms with van der Waals surface area (Å²) in [5, 5.41) is 20.8. The summed E-state index contributed by atoms with van der Waals surface area (Å²) in [6.45, 7) is 14.9. The molecule has 5 rings (SSSR count). The van der Waals surface area contributed by atoms with Gasteiger partial charge in [-0.15, -0.1) is 0 Å². The van der Waals surface area contributed by atoms with Crippen LogP contribution in [0.25, 0.3) is 44.4 Å². The fourth-order valence-corrected chi connectivity index (χ4v) is 4.66. The lowest BCUT2D eigenvalue weighted by atomic mass is 9.90. The molecule has 0 aliphatic heterocycles. The zero-order valence-electron chi connectivity index (χ0n) is 17.9. The third-order valence-electron chi connectivity index (χ3n) is 6.05. The Labute approximate surface area is 196 Å². The lowest BCUT2D eigenvalue weighted by molar-refractivity contribution is 1.16. The Morgan fingerprint density at radius 3 is 1.71 bits per heavy atom. The second-order valence-corrected chi connectivity index (χ2v) is 7.80. The Morgan fingerprint density at radius 2 is 1.26 bits per heavy atom. The predicted octanol–water partition coefficient (Wildman–Crippen LogP) is 3.88. The van der Waals surface area contributed by atoms with Crippen molar-refractivity contribution in [3.63, 3.8) is 0 Å². The van der Waals surface area contributed by atoms with Crippen LogP contribution in [0.15, 0.2) is 71.3 Å². The number of benzene rings is 1. The van der Waals surface area contributed by atoms with Crippen LogP contribution >= 0.6 is 0 Å². The highest BCUT2D eigenvalue weighted by atomic mass is 14.9. The lowest BCUT2D eigenvalue weighted by Crippen LogP contribution is -2.23. The number of pyridine rings is 2. The summed E-state index contributed by atoms with van der Waals surface area (Å²) < 4.78 is 0. The number of rotatable bonds is 2. The fraction of sp³-hybridized carbons (Fsp3) is 0.0714. The zero-order chi connectivity index (χ0) is 23.7. The van der Waals surface area contributed by atoms with E-state index in [1.165, 1.54) is 0 Å². The van der Waals surface area contributed by atoms with Gasteiger partial charge in [0.25, 0.3) is 0 Å². The Balaban J connectivity index is 1.98. The molecule has 156 valence electrons. The summed E-state index contributed by atoms with van der Waals surface area (Å²) >= 11 is 0. The maximum Gasteiger partial charge on any atom is 0.522 e. The molecule has 3 aromatic rings. The molecule has 0 atom stereocenters. The van der Waals surface area contributed by atoms with Crippen LogP contribution in [-0.2, 0) is 12.8 Å². The van der Waals surface area contributed by atoms with E-state index in [4.69, 9.17) is 13.1 Å². The standard InChI is InChI=1S/C28H14N6/c1-31-28(32-2)18-13-22-23(14-18)27(25-8-4-6-10-34-25)21-12-17(19(15-29)16-30)11-20(21)26(22)24-7-3-5-9-33-24/h3-11,14H,12-13H2. The van der Waals surface area contributed by atoms with Crippen molar-refractivity contribution >= 4 is 12.2 Å². The lowest BCUT2D eigenvalue weighted by Gasteiger charge is -2.15. The molecule has 2 aromatic heterocycles. The van der Waals surface area contributed by atoms with Gasteiger partial charge in [-0.3, -0.25) is 9.97 Å². The van der Waals surface area contributed by atoms with Gasteiger partial charge in [0.05, 0.1) is 17.0 Å². The minimum Gasteiger partial charge on any atom is -0.256 e. The third-order valence-corrected chi connectivity index (χ3v) is 6.05. The summed E-state index contributed by atoms with van der Waals surface area (Å²) in [5.74, 6) is 0.0520. The Morgan fingerprint density at radius 1 is 0.765 bits per heavy atom. The van der Waals surface area contributed by atoms with Gasteiger partial charge in [0.2, 0.25) is 0 Å². The van der Waals surface area contributed by atoms with Crippen molar-refractivity contribution < 1.29 is 0 Å². The number of allylic oxidation sites excluding steroid dienone is 3. The first-order valence-electron chi connectivity index (χ1n) is 10.5. The summed E-state index contributed by atoms with van der Waals surface area (Å²) in [6, 6.07) is 15.4. The molecular formula is C28H14N6.